The van der Waals surface area contributed by atoms with E-state index < -0.39 is 0 Å². The number of methoxy groups -OCH3 is 2. The van der Waals surface area contributed by atoms with Crippen LogP contribution >= 0.6 is 0 Å². The maximum absolute atomic E-state index is 12.3. The topological polar surface area (TPSA) is 79.9 Å². The Morgan fingerprint density at radius 3 is 2.43 bits per heavy atom. The lowest BCUT2D eigenvalue weighted by molar-refractivity contribution is -0.115. The smallest absolute Gasteiger partial charge is 0.251 e. The third kappa shape index (κ3) is 4.54. The molecule has 1 fully saturated rings. The molecular formula is C21H25N3O4. The number of hydrogen-bond donors (Lipinski definition) is 2. The zero-order chi connectivity index (χ0) is 19.9. The van der Waals surface area contributed by atoms with Gasteiger partial charge in [-0.25, -0.2) is 0 Å². The Bertz CT molecular complexity index is 847. The zero-order valence-corrected chi connectivity index (χ0v) is 16.2. The molecule has 2 amide bonds. The Labute approximate surface area is 164 Å². The lowest BCUT2D eigenvalue weighted by Crippen LogP contribution is -2.33. The molecule has 1 saturated heterocycles. The van der Waals surface area contributed by atoms with Crippen molar-refractivity contribution in [2.45, 2.75) is 12.8 Å². The average Bonchev–Trinajstić information content (AvgIpc) is 3.26. The number of carbonyl (C=O) groups excluding carboxylic acids is 2. The van der Waals surface area contributed by atoms with Gasteiger partial charge in [0.25, 0.3) is 5.91 Å². The van der Waals surface area contributed by atoms with Crippen LogP contribution in [0.1, 0.15) is 23.2 Å². The minimum Gasteiger partial charge on any atom is -0.493 e. The van der Waals surface area contributed by atoms with E-state index in [9.17, 15) is 9.59 Å². The second-order valence-electron chi connectivity index (χ2n) is 6.51. The normalized spacial score (nSPS) is 13.1. The quantitative estimate of drug-likeness (QED) is 0.768. The van der Waals surface area contributed by atoms with Crippen molar-refractivity contribution >= 4 is 23.2 Å². The van der Waals surface area contributed by atoms with Gasteiger partial charge >= 0.3 is 0 Å². The highest BCUT2D eigenvalue weighted by molar-refractivity contribution is 6.00. The molecule has 0 spiro atoms. The third-order valence-electron chi connectivity index (χ3n) is 4.68. The molecule has 2 N–H and O–H groups in total. The fourth-order valence-electron chi connectivity index (χ4n) is 3.25. The Balaban J connectivity index is 1.60. The molecule has 0 saturated carbocycles. The predicted octanol–water partition coefficient (Wildman–Crippen LogP) is 2.67. The van der Waals surface area contributed by atoms with E-state index in [2.05, 4.69) is 15.5 Å². The zero-order valence-electron chi connectivity index (χ0n) is 16.2. The van der Waals surface area contributed by atoms with Gasteiger partial charge in [0.2, 0.25) is 5.91 Å². The van der Waals surface area contributed by atoms with Gasteiger partial charge in [0.05, 0.1) is 32.1 Å². The van der Waals surface area contributed by atoms with Crippen molar-refractivity contribution in [1.82, 2.24) is 5.32 Å². The van der Waals surface area contributed by atoms with Crippen LogP contribution in [0.25, 0.3) is 0 Å². The summed E-state index contributed by atoms with van der Waals surface area (Å²) >= 11 is 0. The Hall–Kier alpha value is -3.22. The summed E-state index contributed by atoms with van der Waals surface area (Å²) in [7, 11) is 3.03. The van der Waals surface area contributed by atoms with Crippen LogP contribution in [0.5, 0.6) is 11.5 Å². The van der Waals surface area contributed by atoms with E-state index in [-0.39, 0.29) is 18.4 Å². The van der Waals surface area contributed by atoms with Crippen LogP contribution in [-0.2, 0) is 4.79 Å². The van der Waals surface area contributed by atoms with Crippen molar-refractivity contribution in [3.8, 4) is 11.5 Å². The number of nitrogens with zero attached hydrogens (tertiary/aromatic N) is 1. The molecule has 0 atom stereocenters. The molecule has 0 bridgehead atoms. The third-order valence-corrected chi connectivity index (χ3v) is 4.68. The second kappa shape index (κ2) is 9.12. The molecule has 7 nitrogen and oxygen atoms in total. The molecule has 1 aliphatic rings. The van der Waals surface area contributed by atoms with Gasteiger partial charge in [0.15, 0.2) is 11.5 Å². The first-order valence-corrected chi connectivity index (χ1v) is 9.26. The highest BCUT2D eigenvalue weighted by Gasteiger charge is 2.17. The van der Waals surface area contributed by atoms with Crippen molar-refractivity contribution < 1.29 is 19.1 Å². The minimum atomic E-state index is -0.357. The standard InChI is InChI=1S/C21H25N3O4/c1-27-18-10-9-15(13-19(18)28-2)21(26)22-14-20(25)23-16-7-3-4-8-17(16)24-11-5-6-12-24/h3-4,7-10,13H,5-6,11-12,14H2,1-2H3,(H,22,26)(H,23,25). The van der Waals surface area contributed by atoms with E-state index in [0.717, 1.165) is 37.3 Å². The first-order valence-electron chi connectivity index (χ1n) is 9.26. The predicted molar refractivity (Wildman–Crippen MR) is 108 cm³/mol. The molecule has 2 aromatic rings. The molecule has 1 heterocycles. The molecule has 3 rings (SSSR count). The highest BCUT2D eigenvalue weighted by atomic mass is 16.5. The fourth-order valence-corrected chi connectivity index (χ4v) is 3.25. The Morgan fingerprint density at radius 2 is 1.71 bits per heavy atom. The van der Waals surface area contributed by atoms with Gasteiger partial charge in [-0.1, -0.05) is 12.1 Å². The molecule has 2 aromatic carbocycles. The summed E-state index contributed by atoms with van der Waals surface area (Å²) in [5.41, 5.74) is 2.16. The van der Waals surface area contributed by atoms with Crippen LogP contribution < -0.4 is 25.0 Å². The molecule has 7 heteroatoms. The highest BCUT2D eigenvalue weighted by Crippen LogP contribution is 2.29. The number of para-hydroxylation sites is 2. The van der Waals surface area contributed by atoms with Crippen LogP contribution in [0.2, 0.25) is 0 Å². The van der Waals surface area contributed by atoms with Gasteiger partial charge in [0.1, 0.15) is 0 Å². The molecular weight excluding hydrogens is 358 g/mol. The van der Waals surface area contributed by atoms with Crippen LogP contribution in [0.15, 0.2) is 42.5 Å². The summed E-state index contributed by atoms with van der Waals surface area (Å²) in [5.74, 6) is 0.360. The summed E-state index contributed by atoms with van der Waals surface area (Å²) in [4.78, 5) is 27.0. The number of amides is 2. The van der Waals surface area contributed by atoms with Crippen LogP contribution in [-0.4, -0.2) is 45.7 Å². The molecule has 1 aliphatic heterocycles. The molecule has 28 heavy (non-hydrogen) atoms. The second-order valence-corrected chi connectivity index (χ2v) is 6.51. The van der Waals surface area contributed by atoms with Gasteiger partial charge in [-0.15, -0.1) is 0 Å². The summed E-state index contributed by atoms with van der Waals surface area (Å²) in [6, 6.07) is 12.6. The van der Waals surface area contributed by atoms with Crippen molar-refractivity contribution in [2.75, 3.05) is 44.1 Å². The molecule has 0 unspecified atom stereocenters. The van der Waals surface area contributed by atoms with Gasteiger partial charge in [-0.2, -0.15) is 0 Å². The average molecular weight is 383 g/mol. The van der Waals surface area contributed by atoms with Crippen LogP contribution in [0, 0.1) is 0 Å². The molecule has 0 radical (unpaired) electrons. The Kier molecular flexibility index (Phi) is 6.37. The lowest BCUT2D eigenvalue weighted by Gasteiger charge is -2.21. The lowest BCUT2D eigenvalue weighted by atomic mass is 10.2. The van der Waals surface area contributed by atoms with Crippen LogP contribution in [0.3, 0.4) is 0 Å². The number of hydrogen-bond acceptors (Lipinski definition) is 5. The molecule has 148 valence electrons. The maximum Gasteiger partial charge on any atom is 0.251 e. The van der Waals surface area contributed by atoms with E-state index in [1.807, 2.05) is 24.3 Å². The van der Waals surface area contributed by atoms with E-state index in [1.54, 1.807) is 18.2 Å². The number of carbonyl (C=O) groups is 2. The Morgan fingerprint density at radius 1 is 1.00 bits per heavy atom. The number of nitrogens with one attached hydrogen (secondary N) is 2. The van der Waals surface area contributed by atoms with Gasteiger partial charge in [0, 0.05) is 18.7 Å². The van der Waals surface area contributed by atoms with Crippen molar-refractivity contribution in [1.29, 1.82) is 0 Å². The van der Waals surface area contributed by atoms with E-state index in [4.69, 9.17) is 9.47 Å². The van der Waals surface area contributed by atoms with Crippen molar-refractivity contribution in [3.63, 3.8) is 0 Å². The summed E-state index contributed by atoms with van der Waals surface area (Å²) < 4.78 is 10.4. The van der Waals surface area contributed by atoms with Gasteiger partial charge in [-0.05, 0) is 43.2 Å². The maximum atomic E-state index is 12.3. The number of rotatable bonds is 7. The van der Waals surface area contributed by atoms with Crippen molar-refractivity contribution in [3.05, 3.63) is 48.0 Å². The number of benzene rings is 2. The summed E-state index contributed by atoms with van der Waals surface area (Å²) in [6.07, 6.45) is 2.31. The number of anilines is 2. The van der Waals surface area contributed by atoms with E-state index in [1.165, 1.54) is 14.2 Å². The van der Waals surface area contributed by atoms with Gasteiger partial charge in [-0.3, -0.25) is 9.59 Å². The molecule has 0 aromatic heterocycles. The number of ether oxygens (including phenoxy) is 2. The first-order chi connectivity index (χ1) is 13.6. The van der Waals surface area contributed by atoms with Crippen LogP contribution in [0.4, 0.5) is 11.4 Å². The fraction of sp³-hybridized carbons (Fsp3) is 0.333. The molecule has 0 aliphatic carbocycles. The summed E-state index contributed by atoms with van der Waals surface area (Å²) in [5, 5.41) is 5.53. The summed E-state index contributed by atoms with van der Waals surface area (Å²) in [6.45, 7) is 1.85. The largest absolute Gasteiger partial charge is 0.493 e. The minimum absolute atomic E-state index is 0.123. The SMILES string of the molecule is COc1ccc(C(=O)NCC(=O)Nc2ccccc2N2CCCC2)cc1OC. The van der Waals surface area contributed by atoms with E-state index in [0.29, 0.717) is 17.1 Å². The van der Waals surface area contributed by atoms with Crippen molar-refractivity contribution in [2.24, 2.45) is 0 Å². The van der Waals surface area contributed by atoms with E-state index >= 15 is 0 Å². The monoisotopic (exact) mass is 383 g/mol. The van der Waals surface area contributed by atoms with Gasteiger partial charge < -0.3 is 25.0 Å². The first kappa shape index (κ1) is 19.5.